The third-order valence-corrected chi connectivity index (χ3v) is 7.35. The van der Waals surface area contributed by atoms with Crippen LogP contribution < -0.4 is 5.32 Å². The van der Waals surface area contributed by atoms with Crippen LogP contribution in [0.3, 0.4) is 0 Å². The summed E-state index contributed by atoms with van der Waals surface area (Å²) in [6.07, 6.45) is 7.49. The highest BCUT2D eigenvalue weighted by Gasteiger charge is 2.25. The third-order valence-electron chi connectivity index (χ3n) is 5.47. The van der Waals surface area contributed by atoms with Gasteiger partial charge in [0.1, 0.15) is 0 Å². The highest BCUT2D eigenvalue weighted by atomic mass is 32.2. The van der Waals surface area contributed by atoms with E-state index in [4.69, 9.17) is 4.42 Å². The van der Waals surface area contributed by atoms with Crippen LogP contribution in [0, 0.1) is 6.92 Å². The number of nitrogens with zero attached hydrogens (tertiary/aromatic N) is 4. The average molecular weight is 454 g/mol. The second-order valence-corrected chi connectivity index (χ2v) is 9.75. The predicted octanol–water partition coefficient (Wildman–Crippen LogP) is 5.69. The summed E-state index contributed by atoms with van der Waals surface area (Å²) < 4.78 is 8.82. The van der Waals surface area contributed by atoms with Crippen molar-refractivity contribution in [2.45, 2.75) is 50.2 Å². The minimum absolute atomic E-state index is 0.0986. The van der Waals surface area contributed by atoms with Gasteiger partial charge in [0, 0.05) is 6.04 Å². The number of fused-ring (bicyclic) bond motifs is 1. The zero-order valence-electron chi connectivity index (χ0n) is 17.2. The normalized spacial score (nSPS) is 14.9. The number of thioether (sulfide) groups is 1. The molecule has 0 aliphatic heterocycles. The summed E-state index contributed by atoms with van der Waals surface area (Å²) in [5.41, 5.74) is 2.08. The van der Waals surface area contributed by atoms with Gasteiger partial charge in [-0.05, 0) is 49.6 Å². The molecule has 1 N–H and O–H groups in total. The van der Waals surface area contributed by atoms with E-state index in [1.807, 2.05) is 31.2 Å². The van der Waals surface area contributed by atoms with E-state index >= 15 is 0 Å². The van der Waals surface area contributed by atoms with Crippen LogP contribution in [0.1, 0.15) is 43.7 Å². The SMILES string of the molecule is Cc1ccc2nc(NC(=O)CSc3nnc(-c4ccco4)n3C3CCCCC3)sc2c1. The molecule has 1 aliphatic rings. The van der Waals surface area contributed by atoms with Crippen molar-refractivity contribution < 1.29 is 9.21 Å². The summed E-state index contributed by atoms with van der Waals surface area (Å²) in [7, 11) is 0. The van der Waals surface area contributed by atoms with E-state index in [-0.39, 0.29) is 11.7 Å². The molecule has 1 amide bonds. The van der Waals surface area contributed by atoms with Crippen molar-refractivity contribution in [3.8, 4) is 11.6 Å². The van der Waals surface area contributed by atoms with Crippen LogP contribution in [0.25, 0.3) is 21.8 Å². The fourth-order valence-electron chi connectivity index (χ4n) is 3.99. The van der Waals surface area contributed by atoms with Crippen LogP contribution >= 0.6 is 23.1 Å². The Kier molecular flexibility index (Phi) is 5.78. The van der Waals surface area contributed by atoms with E-state index in [0.717, 1.165) is 34.0 Å². The summed E-state index contributed by atoms with van der Waals surface area (Å²) in [5.74, 6) is 1.59. The highest BCUT2D eigenvalue weighted by molar-refractivity contribution is 7.99. The Morgan fingerprint density at radius 2 is 2.13 bits per heavy atom. The number of benzene rings is 1. The van der Waals surface area contributed by atoms with Gasteiger partial charge in [0.05, 0.1) is 22.2 Å². The number of thiazole rings is 1. The van der Waals surface area contributed by atoms with Crippen molar-refractivity contribution in [3.05, 3.63) is 42.2 Å². The number of carbonyl (C=O) groups is 1. The number of amides is 1. The third kappa shape index (κ3) is 4.38. The zero-order chi connectivity index (χ0) is 21.2. The molecular weight excluding hydrogens is 430 g/mol. The van der Waals surface area contributed by atoms with Gasteiger partial charge >= 0.3 is 0 Å². The Bertz CT molecular complexity index is 1190. The lowest BCUT2D eigenvalue weighted by Crippen LogP contribution is -2.17. The molecule has 1 aromatic carbocycles. The standard InChI is InChI=1S/C22H23N5O2S2/c1-14-9-10-16-18(12-14)31-21(23-16)24-19(28)13-30-22-26-25-20(17-8-5-11-29-17)27(22)15-6-3-2-4-7-15/h5,8-12,15H,2-4,6-7,13H2,1H3,(H,23,24,28). The van der Waals surface area contributed by atoms with Crippen molar-refractivity contribution in [2.75, 3.05) is 11.1 Å². The molecule has 0 radical (unpaired) electrons. The molecule has 160 valence electrons. The van der Waals surface area contributed by atoms with Crippen molar-refractivity contribution in [3.63, 3.8) is 0 Å². The quantitative estimate of drug-likeness (QED) is 0.377. The Balaban J connectivity index is 1.31. The lowest BCUT2D eigenvalue weighted by atomic mass is 9.95. The Hall–Kier alpha value is -2.65. The Morgan fingerprint density at radius 1 is 1.26 bits per heavy atom. The number of aryl methyl sites for hydroxylation is 1. The van der Waals surface area contributed by atoms with E-state index in [0.29, 0.717) is 16.9 Å². The maximum Gasteiger partial charge on any atom is 0.236 e. The van der Waals surface area contributed by atoms with Crippen molar-refractivity contribution in [2.24, 2.45) is 0 Å². The minimum Gasteiger partial charge on any atom is -0.461 e. The first-order chi connectivity index (χ1) is 15.2. The molecule has 0 spiro atoms. The second-order valence-electron chi connectivity index (χ2n) is 7.77. The van der Waals surface area contributed by atoms with Gasteiger partial charge in [-0.25, -0.2) is 4.98 Å². The van der Waals surface area contributed by atoms with Crippen LogP contribution in [0.4, 0.5) is 5.13 Å². The summed E-state index contributed by atoms with van der Waals surface area (Å²) in [5, 5.41) is 13.1. The monoisotopic (exact) mass is 453 g/mol. The first-order valence-electron chi connectivity index (χ1n) is 10.5. The van der Waals surface area contributed by atoms with Gasteiger partial charge in [-0.3, -0.25) is 9.36 Å². The fourth-order valence-corrected chi connectivity index (χ4v) is 5.77. The van der Waals surface area contributed by atoms with Crippen molar-refractivity contribution in [1.82, 2.24) is 19.7 Å². The van der Waals surface area contributed by atoms with Gasteiger partial charge in [-0.1, -0.05) is 48.4 Å². The van der Waals surface area contributed by atoms with Gasteiger partial charge < -0.3 is 9.73 Å². The molecule has 7 nitrogen and oxygen atoms in total. The van der Waals surface area contributed by atoms with Gasteiger partial charge in [-0.15, -0.1) is 10.2 Å². The predicted molar refractivity (Wildman–Crippen MR) is 124 cm³/mol. The molecule has 3 heterocycles. The van der Waals surface area contributed by atoms with Crippen LogP contribution in [0.2, 0.25) is 0 Å². The molecule has 0 bridgehead atoms. The number of aromatic nitrogens is 4. The number of hydrogen-bond donors (Lipinski definition) is 1. The largest absolute Gasteiger partial charge is 0.461 e. The van der Waals surface area contributed by atoms with Crippen molar-refractivity contribution in [1.29, 1.82) is 0 Å². The number of carbonyl (C=O) groups excluding carboxylic acids is 1. The smallest absolute Gasteiger partial charge is 0.236 e. The van der Waals surface area contributed by atoms with Crippen LogP contribution in [-0.4, -0.2) is 31.4 Å². The molecule has 1 fully saturated rings. The topological polar surface area (TPSA) is 85.8 Å². The molecule has 4 aromatic rings. The van der Waals surface area contributed by atoms with E-state index in [2.05, 4.69) is 31.1 Å². The van der Waals surface area contributed by atoms with E-state index in [1.54, 1.807) is 6.26 Å². The zero-order valence-corrected chi connectivity index (χ0v) is 18.8. The van der Waals surface area contributed by atoms with Gasteiger partial charge in [0.15, 0.2) is 16.0 Å². The van der Waals surface area contributed by atoms with Gasteiger partial charge in [-0.2, -0.15) is 0 Å². The molecule has 5 rings (SSSR count). The Labute approximate surface area is 188 Å². The number of rotatable bonds is 6. The Morgan fingerprint density at radius 3 is 2.94 bits per heavy atom. The lowest BCUT2D eigenvalue weighted by Gasteiger charge is -2.25. The summed E-state index contributed by atoms with van der Waals surface area (Å²) in [6, 6.07) is 10.2. The number of hydrogen-bond acceptors (Lipinski definition) is 7. The molecular formula is C22H23N5O2S2. The summed E-state index contributed by atoms with van der Waals surface area (Å²) in [6.45, 7) is 2.05. The molecule has 9 heteroatoms. The van der Waals surface area contributed by atoms with Crippen LogP contribution in [-0.2, 0) is 4.79 Å². The van der Waals surface area contributed by atoms with Gasteiger partial charge in [0.25, 0.3) is 0 Å². The molecule has 3 aromatic heterocycles. The van der Waals surface area contributed by atoms with E-state index in [9.17, 15) is 4.79 Å². The number of anilines is 1. The maximum absolute atomic E-state index is 12.6. The molecule has 1 saturated carbocycles. The summed E-state index contributed by atoms with van der Waals surface area (Å²) >= 11 is 2.90. The van der Waals surface area contributed by atoms with Gasteiger partial charge in [0.2, 0.25) is 11.7 Å². The molecule has 31 heavy (non-hydrogen) atoms. The molecule has 0 unspecified atom stereocenters. The maximum atomic E-state index is 12.6. The minimum atomic E-state index is -0.0986. The molecule has 1 aliphatic carbocycles. The summed E-state index contributed by atoms with van der Waals surface area (Å²) in [4.78, 5) is 17.1. The van der Waals surface area contributed by atoms with E-state index in [1.165, 1.54) is 47.9 Å². The fraction of sp³-hybridized carbons (Fsp3) is 0.364. The molecule has 0 atom stereocenters. The van der Waals surface area contributed by atoms with Crippen LogP contribution in [0.15, 0.2) is 46.2 Å². The number of nitrogens with one attached hydrogen (secondary N) is 1. The first kappa shape index (κ1) is 20.3. The second kappa shape index (κ2) is 8.84. The number of furan rings is 1. The lowest BCUT2D eigenvalue weighted by molar-refractivity contribution is -0.113. The van der Waals surface area contributed by atoms with Crippen LogP contribution in [0.5, 0.6) is 0 Å². The molecule has 0 saturated heterocycles. The van der Waals surface area contributed by atoms with Crippen molar-refractivity contribution >= 4 is 44.4 Å². The van der Waals surface area contributed by atoms with E-state index < -0.39 is 0 Å². The highest BCUT2D eigenvalue weighted by Crippen LogP contribution is 2.35. The first-order valence-corrected chi connectivity index (χ1v) is 12.3. The average Bonchev–Trinajstić information content (AvgIpc) is 3.51.